The van der Waals surface area contributed by atoms with E-state index in [0.29, 0.717) is 17.9 Å². The van der Waals surface area contributed by atoms with E-state index in [1.807, 2.05) is 13.1 Å². The molecule has 1 fully saturated rings. The Morgan fingerprint density at radius 1 is 1.48 bits per heavy atom. The monoisotopic (exact) mass is 354 g/mol. The molecule has 1 aliphatic carbocycles. The van der Waals surface area contributed by atoms with Gasteiger partial charge in [-0.15, -0.1) is 0 Å². The van der Waals surface area contributed by atoms with Crippen LogP contribution in [0.4, 0.5) is 11.4 Å². The van der Waals surface area contributed by atoms with E-state index in [-0.39, 0.29) is 5.91 Å². The predicted molar refractivity (Wildman–Crippen MR) is 84.5 cm³/mol. The topological polar surface area (TPSA) is 61.8 Å². The lowest BCUT2D eigenvalue weighted by molar-refractivity contribution is -0.123. The van der Waals surface area contributed by atoms with Crippen LogP contribution >= 0.6 is 15.9 Å². The first-order chi connectivity index (χ1) is 10.1. The van der Waals surface area contributed by atoms with E-state index in [1.54, 1.807) is 6.07 Å². The average molecular weight is 355 g/mol. The van der Waals surface area contributed by atoms with Crippen LogP contribution in [0.5, 0.6) is 0 Å². The third-order valence-electron chi connectivity index (χ3n) is 3.95. The minimum atomic E-state index is -1.07. The third-order valence-corrected chi connectivity index (χ3v) is 4.59. The van der Waals surface area contributed by atoms with E-state index in [0.717, 1.165) is 29.2 Å². The summed E-state index contributed by atoms with van der Waals surface area (Å²) in [5.74, 6) is 0.406. The standard InChI is InChI=1S/C15H19BrN2O3/c1-18(4-5-21-8-9-2-3-9)13-7-12-10(6-11(13)16)14(19)15(20)17-12/h6-7,9,14,19H,2-5,8H2,1H3,(H,17,20). The van der Waals surface area contributed by atoms with Gasteiger partial charge >= 0.3 is 0 Å². The van der Waals surface area contributed by atoms with Crippen LogP contribution in [0.25, 0.3) is 0 Å². The molecule has 1 aromatic rings. The predicted octanol–water partition coefficient (Wildman–Crippen LogP) is 2.30. The minimum Gasteiger partial charge on any atom is -0.379 e. The number of amides is 1. The van der Waals surface area contributed by atoms with Crippen LogP contribution in [0.3, 0.4) is 0 Å². The fourth-order valence-corrected chi connectivity index (χ4v) is 3.07. The Hall–Kier alpha value is -1.11. The van der Waals surface area contributed by atoms with E-state index in [4.69, 9.17) is 4.74 Å². The molecule has 2 N–H and O–H groups in total. The molecule has 6 heteroatoms. The molecular weight excluding hydrogens is 336 g/mol. The molecular formula is C15H19BrN2O3. The highest BCUT2D eigenvalue weighted by Gasteiger charge is 2.29. The lowest BCUT2D eigenvalue weighted by atomic mass is 10.1. The number of halogens is 1. The maximum atomic E-state index is 11.5. The Labute approximate surface area is 132 Å². The van der Waals surface area contributed by atoms with Gasteiger partial charge in [-0.25, -0.2) is 0 Å². The van der Waals surface area contributed by atoms with Crippen LogP contribution < -0.4 is 10.2 Å². The highest BCUT2D eigenvalue weighted by Crippen LogP contribution is 2.38. The summed E-state index contributed by atoms with van der Waals surface area (Å²) >= 11 is 3.51. The number of fused-ring (bicyclic) bond motifs is 1. The van der Waals surface area contributed by atoms with Gasteiger partial charge in [0.25, 0.3) is 5.91 Å². The van der Waals surface area contributed by atoms with Crippen LogP contribution in [0.15, 0.2) is 16.6 Å². The molecule has 1 unspecified atom stereocenters. The summed E-state index contributed by atoms with van der Waals surface area (Å²) in [6.07, 6.45) is 1.53. The fourth-order valence-electron chi connectivity index (χ4n) is 2.40. The van der Waals surface area contributed by atoms with E-state index in [1.165, 1.54) is 12.8 Å². The Bertz CT molecular complexity index is 560. The molecule has 21 heavy (non-hydrogen) atoms. The van der Waals surface area contributed by atoms with Gasteiger partial charge in [0.15, 0.2) is 6.10 Å². The molecule has 2 aliphatic rings. The second kappa shape index (κ2) is 5.94. The molecule has 0 radical (unpaired) electrons. The molecule has 114 valence electrons. The number of carbonyl (C=O) groups excluding carboxylic acids is 1. The first kappa shape index (κ1) is 14.8. The summed E-state index contributed by atoms with van der Waals surface area (Å²) < 4.78 is 6.51. The van der Waals surface area contributed by atoms with Gasteiger partial charge in [-0.3, -0.25) is 4.79 Å². The van der Waals surface area contributed by atoms with E-state index in [2.05, 4.69) is 26.1 Å². The zero-order chi connectivity index (χ0) is 15.0. The minimum absolute atomic E-state index is 0.371. The van der Waals surface area contributed by atoms with Crippen LogP contribution in [0.2, 0.25) is 0 Å². The molecule has 5 nitrogen and oxygen atoms in total. The van der Waals surface area contributed by atoms with E-state index < -0.39 is 6.10 Å². The van der Waals surface area contributed by atoms with Gasteiger partial charge in [-0.05, 0) is 46.8 Å². The lowest BCUT2D eigenvalue weighted by Gasteiger charge is -2.21. The first-order valence-corrected chi connectivity index (χ1v) is 7.97. The third kappa shape index (κ3) is 3.22. The van der Waals surface area contributed by atoms with Crippen LogP contribution in [0, 0.1) is 5.92 Å². The van der Waals surface area contributed by atoms with E-state index in [9.17, 15) is 9.90 Å². The Balaban J connectivity index is 1.64. The van der Waals surface area contributed by atoms with Gasteiger partial charge in [0, 0.05) is 35.9 Å². The SMILES string of the molecule is CN(CCOCC1CC1)c1cc2c(cc1Br)C(O)C(=O)N2. The van der Waals surface area contributed by atoms with Gasteiger partial charge in [0.05, 0.1) is 12.3 Å². The van der Waals surface area contributed by atoms with Gasteiger partial charge in [-0.1, -0.05) is 0 Å². The van der Waals surface area contributed by atoms with Crippen molar-refractivity contribution in [2.24, 2.45) is 5.92 Å². The summed E-state index contributed by atoms with van der Waals surface area (Å²) in [5.41, 5.74) is 2.27. The summed E-state index contributed by atoms with van der Waals surface area (Å²) in [4.78, 5) is 13.6. The van der Waals surface area contributed by atoms with Gasteiger partial charge in [-0.2, -0.15) is 0 Å². The number of ether oxygens (including phenoxy) is 1. The largest absolute Gasteiger partial charge is 0.379 e. The second-order valence-electron chi connectivity index (χ2n) is 5.72. The number of hydrogen-bond donors (Lipinski definition) is 2. The molecule has 0 saturated heterocycles. The number of aliphatic hydroxyl groups is 1. The number of carbonyl (C=O) groups is 1. The zero-order valence-electron chi connectivity index (χ0n) is 11.9. The summed E-state index contributed by atoms with van der Waals surface area (Å²) in [6, 6.07) is 3.68. The van der Waals surface area contributed by atoms with Gasteiger partial charge < -0.3 is 20.1 Å². The molecule has 1 saturated carbocycles. The molecule has 0 spiro atoms. The second-order valence-corrected chi connectivity index (χ2v) is 6.58. The van der Waals surface area contributed by atoms with Crippen molar-refractivity contribution < 1.29 is 14.6 Å². The van der Waals surface area contributed by atoms with Crippen molar-refractivity contribution in [2.45, 2.75) is 18.9 Å². The van der Waals surface area contributed by atoms with E-state index >= 15 is 0 Å². The number of hydrogen-bond acceptors (Lipinski definition) is 4. The molecule has 1 amide bonds. The van der Waals surface area contributed by atoms with Crippen molar-refractivity contribution in [3.63, 3.8) is 0 Å². The molecule has 1 atom stereocenters. The van der Waals surface area contributed by atoms with Crippen LogP contribution in [-0.2, 0) is 9.53 Å². The van der Waals surface area contributed by atoms with Crippen molar-refractivity contribution in [3.8, 4) is 0 Å². The molecule has 1 aromatic carbocycles. The number of benzene rings is 1. The van der Waals surface area contributed by atoms with Crippen LogP contribution in [-0.4, -0.2) is 37.8 Å². The average Bonchev–Trinajstić information content (AvgIpc) is 3.23. The Morgan fingerprint density at radius 3 is 2.95 bits per heavy atom. The molecule has 0 bridgehead atoms. The number of likely N-dealkylation sites (N-methyl/N-ethyl adjacent to an activating group) is 1. The fraction of sp³-hybridized carbons (Fsp3) is 0.533. The molecule has 0 aromatic heterocycles. The van der Waals surface area contributed by atoms with Gasteiger partial charge in [0.1, 0.15) is 0 Å². The van der Waals surface area contributed by atoms with Crippen LogP contribution in [0.1, 0.15) is 24.5 Å². The van der Waals surface area contributed by atoms with Crippen molar-refractivity contribution in [3.05, 3.63) is 22.2 Å². The quantitative estimate of drug-likeness (QED) is 0.769. The highest BCUT2D eigenvalue weighted by atomic mass is 79.9. The van der Waals surface area contributed by atoms with Crippen molar-refractivity contribution >= 4 is 33.2 Å². The number of rotatable bonds is 6. The highest BCUT2D eigenvalue weighted by molar-refractivity contribution is 9.10. The Morgan fingerprint density at radius 2 is 2.24 bits per heavy atom. The zero-order valence-corrected chi connectivity index (χ0v) is 13.5. The smallest absolute Gasteiger partial charge is 0.257 e. The summed E-state index contributed by atoms with van der Waals surface area (Å²) in [6.45, 7) is 2.33. The Kier molecular flexibility index (Phi) is 4.19. The van der Waals surface area contributed by atoms with Crippen molar-refractivity contribution in [1.29, 1.82) is 0 Å². The van der Waals surface area contributed by atoms with Crippen molar-refractivity contribution in [1.82, 2.24) is 0 Å². The number of nitrogens with zero attached hydrogens (tertiary/aromatic N) is 1. The van der Waals surface area contributed by atoms with Gasteiger partial charge in [0.2, 0.25) is 0 Å². The van der Waals surface area contributed by atoms with Crippen molar-refractivity contribution in [2.75, 3.05) is 37.0 Å². The number of aliphatic hydroxyl groups excluding tert-OH is 1. The maximum Gasteiger partial charge on any atom is 0.257 e. The normalized spacial score (nSPS) is 20.3. The molecule has 1 heterocycles. The summed E-state index contributed by atoms with van der Waals surface area (Å²) in [5, 5.41) is 12.5. The maximum absolute atomic E-state index is 11.5. The number of nitrogens with one attached hydrogen (secondary N) is 1. The molecule has 1 aliphatic heterocycles. The summed E-state index contributed by atoms with van der Waals surface area (Å²) in [7, 11) is 1.99. The lowest BCUT2D eigenvalue weighted by Crippen LogP contribution is -2.23. The number of anilines is 2. The first-order valence-electron chi connectivity index (χ1n) is 7.17. The molecule has 3 rings (SSSR count).